The van der Waals surface area contributed by atoms with Gasteiger partial charge in [-0.15, -0.1) is 0 Å². The van der Waals surface area contributed by atoms with E-state index in [1.165, 1.54) is 18.0 Å². The molecule has 0 spiro atoms. The molecule has 4 aromatic rings. The predicted octanol–water partition coefficient (Wildman–Crippen LogP) is 0.338. The number of nitrogens with two attached hydrogens (primary N) is 1. The Morgan fingerprint density at radius 1 is 1.29 bits per heavy atom. The van der Waals surface area contributed by atoms with Crippen molar-refractivity contribution < 1.29 is 28.5 Å². The number of aliphatic hydroxyl groups excluding tert-OH is 1. The minimum absolute atomic E-state index is 0.0307. The molecule has 1 aromatic carbocycles. The molecule has 0 amide bonds. The number of nitrogens with zero attached hydrogens (tertiary/aromatic N) is 3. The van der Waals surface area contributed by atoms with Crippen molar-refractivity contribution >= 4 is 33.9 Å². The third kappa shape index (κ3) is 2.50. The normalized spacial score (nSPS) is 24.6. The number of nitrogens with one attached hydrogen (secondary N) is 1. The largest absolute Gasteiger partial charge is 0.496 e. The number of aliphatic hydroxyl groups is 1. The summed E-state index contributed by atoms with van der Waals surface area (Å²) in [4.78, 5) is 48.1. The number of imidazole rings is 1. The van der Waals surface area contributed by atoms with Crippen molar-refractivity contribution in [3.8, 4) is 11.5 Å². The van der Waals surface area contributed by atoms with Crippen molar-refractivity contribution in [2.24, 2.45) is 0 Å². The Balaban J connectivity index is 1.41. The van der Waals surface area contributed by atoms with Crippen molar-refractivity contribution in [2.75, 3.05) is 12.8 Å². The van der Waals surface area contributed by atoms with Crippen molar-refractivity contribution in [3.05, 3.63) is 49.9 Å². The Hall–Kier alpha value is -4.23. The lowest BCUT2D eigenvalue weighted by Gasteiger charge is -2.20. The van der Waals surface area contributed by atoms with Crippen LogP contribution in [0.4, 0.5) is 5.95 Å². The SMILES string of the molecule is COc1cc2c(c3oc(=O)c4c(c13)CCC4=O)[C@@H]1[C@H](O2)O[C@H](n2cnc3nc(N)[nH]c(=O)c32)[C@H]1O. The standard InChI is InChI=1S/C22H17N5O8/c1-32-8-4-9-12(16-11(8)6-2-3-7(28)10(6)20(31)34-16)13-15(29)19(35-21(13)33-9)27-5-24-17-14(27)18(30)26-22(23)25-17/h4-5,13,15,19,21,29H,2-3H2,1H3,(H3,23,25,26,30)/t13-,15-,19-,21+/m0/s1. The van der Waals surface area contributed by atoms with Crippen molar-refractivity contribution in [3.63, 3.8) is 0 Å². The van der Waals surface area contributed by atoms with Crippen LogP contribution in [0.1, 0.15) is 40.1 Å². The van der Waals surface area contributed by atoms with E-state index in [4.69, 9.17) is 24.4 Å². The molecule has 3 aliphatic rings. The van der Waals surface area contributed by atoms with E-state index in [2.05, 4.69) is 15.0 Å². The number of aromatic amines is 1. The first kappa shape index (κ1) is 20.2. The van der Waals surface area contributed by atoms with Crippen LogP contribution < -0.4 is 26.4 Å². The highest BCUT2D eigenvalue weighted by atomic mass is 16.7. The van der Waals surface area contributed by atoms with Crippen LogP contribution in [-0.4, -0.2) is 49.9 Å². The molecule has 0 radical (unpaired) electrons. The number of aromatic nitrogens is 4. The van der Waals surface area contributed by atoms with Crippen molar-refractivity contribution in [1.82, 2.24) is 19.5 Å². The first-order valence-corrected chi connectivity index (χ1v) is 10.8. The van der Waals surface area contributed by atoms with Gasteiger partial charge in [0.25, 0.3) is 5.56 Å². The molecule has 0 bridgehead atoms. The van der Waals surface area contributed by atoms with Gasteiger partial charge in [-0.1, -0.05) is 0 Å². The molecule has 1 fully saturated rings. The number of anilines is 1. The summed E-state index contributed by atoms with van der Waals surface area (Å²) in [5.74, 6) is -0.411. The molecule has 1 aliphatic carbocycles. The Morgan fingerprint density at radius 3 is 2.91 bits per heavy atom. The number of carbonyl (C=O) groups excluding carboxylic acids is 1. The van der Waals surface area contributed by atoms with E-state index in [0.717, 1.165) is 0 Å². The molecule has 13 heteroatoms. The molecule has 4 N–H and O–H groups in total. The second-order valence-corrected chi connectivity index (χ2v) is 8.67. The smallest absolute Gasteiger partial charge is 0.347 e. The maximum absolute atomic E-state index is 12.7. The summed E-state index contributed by atoms with van der Waals surface area (Å²) in [6.07, 6.45) is -1.30. The van der Waals surface area contributed by atoms with E-state index >= 15 is 0 Å². The zero-order valence-corrected chi connectivity index (χ0v) is 18.1. The van der Waals surface area contributed by atoms with Crippen LogP contribution in [0.5, 0.6) is 11.5 Å². The summed E-state index contributed by atoms with van der Waals surface area (Å²) in [5.41, 5.74) is 5.69. The fourth-order valence-electron chi connectivity index (χ4n) is 5.45. The van der Waals surface area contributed by atoms with Gasteiger partial charge in [-0.25, -0.2) is 9.78 Å². The Morgan fingerprint density at radius 2 is 2.11 bits per heavy atom. The number of H-pyrrole nitrogens is 1. The van der Waals surface area contributed by atoms with Gasteiger partial charge in [-0.3, -0.25) is 19.1 Å². The highest BCUT2D eigenvalue weighted by molar-refractivity contribution is 6.06. The molecule has 0 unspecified atom stereocenters. The summed E-state index contributed by atoms with van der Waals surface area (Å²) >= 11 is 0. The number of aryl methyl sites for hydroxylation is 1. The van der Waals surface area contributed by atoms with Crippen LogP contribution in [-0.2, 0) is 11.2 Å². The van der Waals surface area contributed by atoms with Gasteiger partial charge in [0.1, 0.15) is 35.1 Å². The molecule has 178 valence electrons. The van der Waals surface area contributed by atoms with Gasteiger partial charge in [0.2, 0.25) is 12.2 Å². The fourth-order valence-corrected chi connectivity index (χ4v) is 5.45. The second kappa shape index (κ2) is 6.67. The van der Waals surface area contributed by atoms with Gasteiger partial charge in [-0.2, -0.15) is 4.98 Å². The molecule has 5 heterocycles. The fraction of sp³-hybridized carbons (Fsp3) is 0.318. The maximum Gasteiger partial charge on any atom is 0.347 e. The summed E-state index contributed by atoms with van der Waals surface area (Å²) in [6.45, 7) is 0. The van der Waals surface area contributed by atoms with Gasteiger partial charge >= 0.3 is 5.63 Å². The lowest BCUT2D eigenvalue weighted by atomic mass is 9.91. The van der Waals surface area contributed by atoms with E-state index < -0.39 is 35.7 Å². The van der Waals surface area contributed by atoms with Crippen molar-refractivity contribution in [1.29, 1.82) is 0 Å². The topological polar surface area (TPSA) is 185 Å². The second-order valence-electron chi connectivity index (χ2n) is 8.67. The molecule has 3 aromatic heterocycles. The quantitative estimate of drug-likeness (QED) is 0.337. The number of rotatable bonds is 2. The van der Waals surface area contributed by atoms with E-state index in [-0.39, 0.29) is 40.5 Å². The number of ketones is 1. The number of hydrogen-bond donors (Lipinski definition) is 3. The van der Waals surface area contributed by atoms with Crippen LogP contribution in [0, 0.1) is 0 Å². The van der Waals surface area contributed by atoms with E-state index in [1.54, 1.807) is 6.07 Å². The number of methoxy groups -OCH3 is 1. The molecule has 13 nitrogen and oxygen atoms in total. The molecule has 4 atom stereocenters. The number of carbonyl (C=O) groups is 1. The number of benzene rings is 1. The summed E-state index contributed by atoms with van der Waals surface area (Å²) < 4.78 is 24.5. The lowest BCUT2D eigenvalue weighted by molar-refractivity contribution is -0.103. The van der Waals surface area contributed by atoms with Gasteiger partial charge in [0.05, 0.1) is 24.0 Å². The van der Waals surface area contributed by atoms with Crippen LogP contribution in [0.15, 0.2) is 26.4 Å². The van der Waals surface area contributed by atoms with Crippen LogP contribution in [0.3, 0.4) is 0 Å². The predicted molar refractivity (Wildman–Crippen MR) is 118 cm³/mol. The average Bonchev–Trinajstić information content (AvgIpc) is 3.56. The first-order valence-electron chi connectivity index (χ1n) is 10.8. The summed E-state index contributed by atoms with van der Waals surface area (Å²) in [6, 6.07) is 1.63. The lowest BCUT2D eigenvalue weighted by Crippen LogP contribution is -2.25. The van der Waals surface area contributed by atoms with Gasteiger partial charge in [0, 0.05) is 12.5 Å². The van der Waals surface area contributed by atoms with Crippen molar-refractivity contribution in [2.45, 2.75) is 37.4 Å². The number of hydrogen-bond acceptors (Lipinski definition) is 11. The van der Waals surface area contributed by atoms with Gasteiger partial charge < -0.3 is 29.5 Å². The highest BCUT2D eigenvalue weighted by Crippen LogP contribution is 2.54. The Kier molecular flexibility index (Phi) is 3.85. The zero-order chi connectivity index (χ0) is 24.2. The molecular weight excluding hydrogens is 462 g/mol. The Bertz CT molecular complexity index is 1720. The minimum atomic E-state index is -1.22. The molecule has 2 aliphatic heterocycles. The van der Waals surface area contributed by atoms with E-state index in [1.807, 2.05) is 0 Å². The van der Waals surface area contributed by atoms with E-state index in [0.29, 0.717) is 34.4 Å². The molecule has 35 heavy (non-hydrogen) atoms. The van der Waals surface area contributed by atoms with Gasteiger partial charge in [0.15, 0.2) is 23.2 Å². The van der Waals surface area contributed by atoms with Crippen LogP contribution in [0.25, 0.3) is 22.1 Å². The average molecular weight is 479 g/mol. The van der Waals surface area contributed by atoms with Crippen LogP contribution >= 0.6 is 0 Å². The first-order chi connectivity index (χ1) is 16.9. The summed E-state index contributed by atoms with van der Waals surface area (Å²) in [5, 5.41) is 11.9. The zero-order valence-electron chi connectivity index (χ0n) is 18.1. The minimum Gasteiger partial charge on any atom is -0.496 e. The molecule has 7 rings (SSSR count). The number of Topliss-reactive ketones (excluding diaryl/α,β-unsaturated/α-hetero) is 1. The molecular formula is C22H17N5O8. The number of fused-ring (bicyclic) bond motifs is 8. The molecule has 0 saturated carbocycles. The highest BCUT2D eigenvalue weighted by Gasteiger charge is 2.54. The summed E-state index contributed by atoms with van der Waals surface area (Å²) in [7, 11) is 1.47. The number of ether oxygens (including phenoxy) is 3. The monoisotopic (exact) mass is 479 g/mol. The van der Waals surface area contributed by atoms with Crippen LogP contribution in [0.2, 0.25) is 0 Å². The Labute approximate surface area is 194 Å². The molecule has 1 saturated heterocycles. The number of nitrogen functional groups attached to an aromatic ring is 1. The third-order valence-electron chi connectivity index (χ3n) is 6.88. The van der Waals surface area contributed by atoms with Gasteiger partial charge in [-0.05, 0) is 12.0 Å². The van der Waals surface area contributed by atoms with E-state index in [9.17, 15) is 19.5 Å². The maximum atomic E-state index is 12.7. The third-order valence-corrected chi connectivity index (χ3v) is 6.88.